The van der Waals surface area contributed by atoms with Crippen molar-refractivity contribution in [1.82, 2.24) is 4.57 Å². The fraction of sp³-hybridized carbons (Fsp3) is 0.200. The predicted octanol–water partition coefficient (Wildman–Crippen LogP) is 1.76. The number of pyridine rings is 1. The number of amides is 1. The van der Waals surface area contributed by atoms with Crippen molar-refractivity contribution < 1.29 is 17.6 Å². The molecule has 2 aromatic rings. The Balaban J connectivity index is 0.00000139. The molecule has 0 atom stereocenters. The van der Waals surface area contributed by atoms with Crippen molar-refractivity contribution >= 4 is 27.3 Å². The van der Waals surface area contributed by atoms with E-state index in [-0.39, 0.29) is 27.5 Å². The summed E-state index contributed by atoms with van der Waals surface area (Å²) in [6.45, 7) is 0.0862. The van der Waals surface area contributed by atoms with Crippen LogP contribution in [-0.4, -0.2) is 32.3 Å². The Morgan fingerprint density at radius 1 is 1.33 bits per heavy atom. The molecule has 0 unspecified atom stereocenters. The first-order valence-corrected chi connectivity index (χ1v) is 8.87. The van der Waals surface area contributed by atoms with E-state index >= 15 is 0 Å². The molecule has 130 valence electrons. The molecule has 0 bridgehead atoms. The third kappa shape index (κ3) is 4.65. The van der Waals surface area contributed by atoms with Gasteiger partial charge in [-0.2, -0.15) is 0 Å². The van der Waals surface area contributed by atoms with Crippen molar-refractivity contribution in [1.29, 1.82) is 5.41 Å². The largest absolute Gasteiger partial charge is 0.365 e. The molecular formula is C15H17ClFN3O3S. The number of rotatable bonds is 4. The Morgan fingerprint density at radius 2 is 1.92 bits per heavy atom. The molecule has 0 saturated heterocycles. The molecule has 0 aliphatic rings. The standard InChI is InChI=1S/C14H14ClN3O3S.CH3F/c1-22(20,21)12-5-3-2-4-9(12)7-18-8-10(15)6-11(13(18)16)14(17)19;1-2/h2-6,8,16H,7H2,1H3,(H2,17,19);1H3. The molecule has 0 fully saturated rings. The van der Waals surface area contributed by atoms with Crippen LogP contribution in [0.1, 0.15) is 15.9 Å². The van der Waals surface area contributed by atoms with Crippen LogP contribution in [-0.2, 0) is 16.4 Å². The molecule has 0 aliphatic heterocycles. The van der Waals surface area contributed by atoms with Crippen molar-refractivity contribution in [3.63, 3.8) is 0 Å². The number of primary amides is 1. The van der Waals surface area contributed by atoms with E-state index in [0.717, 1.165) is 6.26 Å². The van der Waals surface area contributed by atoms with Gasteiger partial charge in [0.2, 0.25) is 0 Å². The third-order valence-electron chi connectivity index (χ3n) is 3.08. The van der Waals surface area contributed by atoms with E-state index in [1.54, 1.807) is 18.2 Å². The molecule has 2 rings (SSSR count). The number of halogens is 2. The van der Waals surface area contributed by atoms with E-state index in [9.17, 15) is 17.6 Å². The zero-order valence-corrected chi connectivity index (χ0v) is 14.7. The highest BCUT2D eigenvalue weighted by Gasteiger charge is 2.14. The Kier molecular flexibility index (Phi) is 6.68. The maximum absolute atomic E-state index is 11.8. The smallest absolute Gasteiger partial charge is 0.252 e. The van der Waals surface area contributed by atoms with E-state index < -0.39 is 15.7 Å². The summed E-state index contributed by atoms with van der Waals surface area (Å²) in [5.74, 6) is -0.766. The lowest BCUT2D eigenvalue weighted by Crippen LogP contribution is -2.30. The summed E-state index contributed by atoms with van der Waals surface area (Å²) >= 11 is 5.93. The van der Waals surface area contributed by atoms with Crippen molar-refractivity contribution in [2.24, 2.45) is 5.73 Å². The molecule has 0 radical (unpaired) electrons. The van der Waals surface area contributed by atoms with Crippen LogP contribution in [0, 0.1) is 5.41 Å². The number of hydrogen-bond donors (Lipinski definition) is 2. The quantitative estimate of drug-likeness (QED) is 0.852. The van der Waals surface area contributed by atoms with Gasteiger partial charge in [-0.05, 0) is 17.7 Å². The average molecular weight is 374 g/mol. The van der Waals surface area contributed by atoms with Crippen molar-refractivity contribution in [3.05, 3.63) is 58.2 Å². The highest BCUT2D eigenvalue weighted by atomic mass is 35.5. The number of nitrogens with one attached hydrogen (secondary N) is 1. The second-order valence-corrected chi connectivity index (χ2v) is 7.21. The second-order valence-electron chi connectivity index (χ2n) is 4.79. The Hall–Kier alpha value is -2.19. The number of sulfone groups is 1. The number of aromatic nitrogens is 1. The minimum Gasteiger partial charge on any atom is -0.365 e. The van der Waals surface area contributed by atoms with Gasteiger partial charge >= 0.3 is 0 Å². The predicted molar refractivity (Wildman–Crippen MR) is 89.5 cm³/mol. The third-order valence-corrected chi connectivity index (χ3v) is 4.49. The summed E-state index contributed by atoms with van der Waals surface area (Å²) in [5.41, 5.74) is 5.57. The van der Waals surface area contributed by atoms with Gasteiger partial charge in [0.1, 0.15) is 5.49 Å². The lowest BCUT2D eigenvalue weighted by Gasteiger charge is -2.12. The molecule has 1 heterocycles. The van der Waals surface area contributed by atoms with Gasteiger partial charge in [-0.25, -0.2) is 8.42 Å². The highest BCUT2D eigenvalue weighted by Crippen LogP contribution is 2.17. The molecule has 0 aliphatic carbocycles. The summed E-state index contributed by atoms with van der Waals surface area (Å²) in [6.07, 6.45) is 2.57. The first-order chi connectivity index (χ1) is 11.2. The van der Waals surface area contributed by atoms with E-state index in [4.69, 9.17) is 22.7 Å². The van der Waals surface area contributed by atoms with Gasteiger partial charge in [-0.3, -0.25) is 14.6 Å². The minimum absolute atomic E-state index is 0.0238. The number of carbonyl (C=O) groups is 1. The minimum atomic E-state index is -3.40. The summed E-state index contributed by atoms with van der Waals surface area (Å²) < 4.78 is 34.5. The molecule has 3 N–H and O–H groups in total. The topological polar surface area (TPSA) is 106 Å². The summed E-state index contributed by atoms with van der Waals surface area (Å²) in [7, 11) is -2.90. The molecule has 24 heavy (non-hydrogen) atoms. The first-order valence-electron chi connectivity index (χ1n) is 6.60. The Labute approximate surface area is 144 Å². The van der Waals surface area contributed by atoms with Gasteiger partial charge in [0, 0.05) is 12.5 Å². The molecule has 1 aromatic carbocycles. The monoisotopic (exact) mass is 373 g/mol. The van der Waals surface area contributed by atoms with E-state index in [0.29, 0.717) is 12.7 Å². The van der Waals surface area contributed by atoms with E-state index in [1.165, 1.54) is 22.9 Å². The summed E-state index contributed by atoms with van der Waals surface area (Å²) in [5, 5.41) is 8.24. The molecule has 0 spiro atoms. The van der Waals surface area contributed by atoms with Gasteiger partial charge in [0.25, 0.3) is 5.91 Å². The van der Waals surface area contributed by atoms with Gasteiger partial charge in [0.15, 0.2) is 9.84 Å². The molecular weight excluding hydrogens is 357 g/mol. The molecule has 6 nitrogen and oxygen atoms in total. The number of alkyl halides is 1. The maximum atomic E-state index is 11.8. The molecule has 9 heteroatoms. The zero-order chi connectivity index (χ0) is 18.5. The van der Waals surface area contributed by atoms with Crippen LogP contribution in [0.3, 0.4) is 0 Å². The van der Waals surface area contributed by atoms with Crippen LogP contribution >= 0.6 is 11.6 Å². The number of hydrogen-bond acceptors (Lipinski definition) is 4. The SMILES string of the molecule is CF.CS(=O)(=O)c1ccccc1Cn1cc(Cl)cc(C(N)=O)c1=N. The highest BCUT2D eigenvalue weighted by molar-refractivity contribution is 7.90. The van der Waals surface area contributed by atoms with Crippen LogP contribution < -0.4 is 11.2 Å². The van der Waals surface area contributed by atoms with Crippen LogP contribution in [0.25, 0.3) is 0 Å². The van der Waals surface area contributed by atoms with Gasteiger partial charge < -0.3 is 10.3 Å². The van der Waals surface area contributed by atoms with Crippen LogP contribution in [0.15, 0.2) is 41.4 Å². The van der Waals surface area contributed by atoms with Gasteiger partial charge in [-0.15, -0.1) is 0 Å². The Morgan fingerprint density at radius 3 is 2.46 bits per heavy atom. The van der Waals surface area contributed by atoms with Gasteiger partial charge in [-0.1, -0.05) is 29.8 Å². The number of benzene rings is 1. The van der Waals surface area contributed by atoms with E-state index in [2.05, 4.69) is 0 Å². The van der Waals surface area contributed by atoms with Gasteiger partial charge in [0.05, 0.1) is 29.2 Å². The van der Waals surface area contributed by atoms with E-state index in [1.807, 2.05) is 0 Å². The fourth-order valence-corrected chi connectivity index (χ4v) is 3.27. The van der Waals surface area contributed by atoms with Crippen LogP contribution in [0.5, 0.6) is 0 Å². The molecule has 1 amide bonds. The van der Waals surface area contributed by atoms with Crippen LogP contribution in [0.2, 0.25) is 5.02 Å². The van der Waals surface area contributed by atoms with Crippen LogP contribution in [0.4, 0.5) is 4.39 Å². The molecule has 0 saturated carbocycles. The summed E-state index contributed by atoms with van der Waals surface area (Å²) in [4.78, 5) is 11.5. The zero-order valence-electron chi connectivity index (χ0n) is 13.1. The number of carbonyl (C=O) groups excluding carboxylic acids is 1. The second kappa shape index (κ2) is 8.07. The number of nitrogens with zero attached hydrogens (tertiary/aromatic N) is 1. The maximum Gasteiger partial charge on any atom is 0.252 e. The Bertz CT molecular complexity index is 910. The van der Waals surface area contributed by atoms with Crippen molar-refractivity contribution in [2.75, 3.05) is 13.4 Å². The average Bonchev–Trinajstić information content (AvgIpc) is 2.51. The lowest BCUT2D eigenvalue weighted by atomic mass is 10.2. The molecule has 1 aromatic heterocycles. The van der Waals surface area contributed by atoms with Crippen molar-refractivity contribution in [3.8, 4) is 0 Å². The first kappa shape index (κ1) is 19.9. The van der Waals surface area contributed by atoms with Crippen molar-refractivity contribution in [2.45, 2.75) is 11.4 Å². The lowest BCUT2D eigenvalue weighted by molar-refractivity contribution is 0.0997. The summed E-state index contributed by atoms with van der Waals surface area (Å²) in [6, 6.07) is 7.78. The normalized spacial score (nSPS) is 10.7. The fourth-order valence-electron chi connectivity index (χ4n) is 2.10. The number of nitrogens with two attached hydrogens (primary N) is 1.